The van der Waals surface area contributed by atoms with Gasteiger partial charge in [0, 0.05) is 23.6 Å². The molecule has 2 heterocycles. The number of carboxylic acid groups (broad SMARTS) is 1. The van der Waals surface area contributed by atoms with Crippen molar-refractivity contribution in [2.24, 2.45) is 0 Å². The molecule has 2 bridgehead atoms. The Morgan fingerprint density at radius 1 is 1.20 bits per heavy atom. The molecule has 1 spiro atoms. The van der Waals surface area contributed by atoms with Crippen molar-refractivity contribution in [1.82, 2.24) is 4.90 Å². The first-order valence-corrected chi connectivity index (χ1v) is 13.4. The number of carbonyl (C=O) groups is 4. The standard InChI is InChI=1S/C28H33NO11/c1-3-37-22(34)13-18(38-21(33)7-6-20(31)32)26(35)39-17-8-9-28(36)19-12-15-4-5-16(14-30)24-23(15)27(28,25(17)40-24)10-11-29(19)2/h4-5,8,18-19,25,30,36H,3,6-7,9-14H2,1-2H3,(H,31,32)/t18-,19+,25-,27-,28+/m0/s1. The molecule has 4 aliphatic rings. The number of esters is 3. The van der Waals surface area contributed by atoms with E-state index in [0.29, 0.717) is 30.7 Å². The molecule has 2 aliphatic heterocycles. The molecule has 1 saturated heterocycles. The van der Waals surface area contributed by atoms with Gasteiger partial charge in [-0.15, -0.1) is 0 Å². The molecule has 1 fully saturated rings. The summed E-state index contributed by atoms with van der Waals surface area (Å²) in [6, 6.07) is 3.52. The van der Waals surface area contributed by atoms with E-state index in [-0.39, 0.29) is 31.4 Å². The van der Waals surface area contributed by atoms with E-state index in [0.717, 1.165) is 11.1 Å². The van der Waals surface area contributed by atoms with Crippen LogP contribution in [0.25, 0.3) is 0 Å². The van der Waals surface area contributed by atoms with Crippen molar-refractivity contribution in [2.45, 2.75) is 81.3 Å². The van der Waals surface area contributed by atoms with Crippen molar-refractivity contribution in [2.75, 3.05) is 20.2 Å². The van der Waals surface area contributed by atoms with Crippen LogP contribution in [0.15, 0.2) is 24.0 Å². The van der Waals surface area contributed by atoms with Crippen LogP contribution in [0, 0.1) is 0 Å². The number of hydrogen-bond acceptors (Lipinski definition) is 11. The topological polar surface area (TPSA) is 169 Å². The fourth-order valence-electron chi connectivity index (χ4n) is 6.78. The summed E-state index contributed by atoms with van der Waals surface area (Å²) in [4.78, 5) is 50.8. The Hall–Kier alpha value is -3.48. The SMILES string of the molecule is CCOC(=O)C[C@H](OC(=O)CCC(=O)O)C(=O)OC1=CC[C@@]2(O)[C@H]3Cc4ccc(CO)c5c4[C@@]2(CCN3C)[C@H]1O5. The summed E-state index contributed by atoms with van der Waals surface area (Å²) in [5.74, 6) is -3.46. The Bertz CT molecular complexity index is 1270. The minimum absolute atomic E-state index is 0.0408. The van der Waals surface area contributed by atoms with Gasteiger partial charge in [0.2, 0.25) is 6.10 Å². The first kappa shape index (κ1) is 28.1. The number of aliphatic carboxylic acids is 1. The quantitative estimate of drug-likeness (QED) is 0.272. The highest BCUT2D eigenvalue weighted by atomic mass is 16.6. The molecule has 0 aromatic heterocycles. The minimum Gasteiger partial charge on any atom is -0.481 e. The van der Waals surface area contributed by atoms with E-state index >= 15 is 0 Å². The number of rotatable bonds is 10. The van der Waals surface area contributed by atoms with Crippen molar-refractivity contribution in [3.8, 4) is 5.75 Å². The second kappa shape index (κ2) is 10.5. The summed E-state index contributed by atoms with van der Waals surface area (Å²) in [5.41, 5.74) is 0.190. The number of carboxylic acids is 1. The molecular weight excluding hydrogens is 526 g/mol. The van der Waals surface area contributed by atoms with Crippen LogP contribution in [0.1, 0.15) is 55.7 Å². The molecule has 40 heavy (non-hydrogen) atoms. The Morgan fingerprint density at radius 2 is 1.98 bits per heavy atom. The molecule has 216 valence electrons. The maximum Gasteiger partial charge on any atom is 0.353 e. The predicted molar refractivity (Wildman–Crippen MR) is 135 cm³/mol. The van der Waals surface area contributed by atoms with Gasteiger partial charge in [-0.3, -0.25) is 14.4 Å². The summed E-state index contributed by atoms with van der Waals surface area (Å²) < 4.78 is 22.2. The zero-order valence-corrected chi connectivity index (χ0v) is 22.4. The van der Waals surface area contributed by atoms with E-state index in [2.05, 4.69) is 4.90 Å². The van der Waals surface area contributed by atoms with Gasteiger partial charge in [-0.05, 0) is 45.0 Å². The van der Waals surface area contributed by atoms with E-state index < -0.39 is 66.4 Å². The number of benzene rings is 1. The third-order valence-corrected chi connectivity index (χ3v) is 8.58. The van der Waals surface area contributed by atoms with Crippen LogP contribution in [-0.4, -0.2) is 88.1 Å². The van der Waals surface area contributed by atoms with Gasteiger partial charge in [0.15, 0.2) is 6.10 Å². The third-order valence-electron chi connectivity index (χ3n) is 8.58. The average molecular weight is 560 g/mol. The lowest BCUT2D eigenvalue weighted by Gasteiger charge is -2.61. The van der Waals surface area contributed by atoms with Crippen molar-refractivity contribution < 1.29 is 53.4 Å². The maximum atomic E-state index is 13.3. The Labute approximate surface area is 230 Å². The average Bonchev–Trinajstić information content (AvgIpc) is 3.26. The number of aliphatic hydroxyl groups is 2. The number of hydrogen-bond donors (Lipinski definition) is 3. The first-order chi connectivity index (χ1) is 19.0. The number of carbonyl (C=O) groups excluding carboxylic acids is 3. The number of nitrogens with zero attached hydrogens (tertiary/aromatic N) is 1. The fourth-order valence-corrected chi connectivity index (χ4v) is 6.78. The molecule has 0 amide bonds. The fraction of sp³-hybridized carbons (Fsp3) is 0.571. The van der Waals surface area contributed by atoms with E-state index in [1.54, 1.807) is 19.1 Å². The lowest BCUT2D eigenvalue weighted by atomic mass is 9.50. The van der Waals surface area contributed by atoms with Crippen LogP contribution in [0.3, 0.4) is 0 Å². The van der Waals surface area contributed by atoms with Crippen molar-refractivity contribution in [3.63, 3.8) is 0 Å². The summed E-state index contributed by atoms with van der Waals surface area (Å²) >= 11 is 0. The Morgan fingerprint density at radius 3 is 2.67 bits per heavy atom. The van der Waals surface area contributed by atoms with Crippen molar-refractivity contribution in [3.05, 3.63) is 40.7 Å². The molecule has 3 N–H and O–H groups in total. The molecule has 2 aliphatic carbocycles. The zero-order valence-electron chi connectivity index (χ0n) is 22.4. The monoisotopic (exact) mass is 559 g/mol. The van der Waals surface area contributed by atoms with E-state index in [1.807, 2.05) is 13.1 Å². The largest absolute Gasteiger partial charge is 0.481 e. The molecule has 1 aromatic carbocycles. The molecule has 12 heteroatoms. The van der Waals surface area contributed by atoms with Crippen LogP contribution in [-0.2, 0) is 51.8 Å². The minimum atomic E-state index is -1.68. The smallest absolute Gasteiger partial charge is 0.353 e. The van der Waals surface area contributed by atoms with E-state index in [4.69, 9.17) is 24.1 Å². The lowest BCUT2D eigenvalue weighted by Crippen LogP contribution is -2.74. The molecule has 5 atom stereocenters. The highest BCUT2D eigenvalue weighted by molar-refractivity contribution is 5.86. The van der Waals surface area contributed by atoms with Crippen molar-refractivity contribution >= 4 is 23.9 Å². The predicted octanol–water partition coefficient (Wildman–Crippen LogP) is 0.730. The number of piperidine rings is 1. The number of likely N-dealkylation sites (N-methyl/N-ethyl adjacent to an activating group) is 1. The first-order valence-electron chi connectivity index (χ1n) is 13.4. The third kappa shape index (κ3) is 4.34. The normalized spacial score (nSPS) is 28.4. The van der Waals surface area contributed by atoms with E-state index in [1.165, 1.54) is 0 Å². The number of aliphatic hydroxyl groups excluding tert-OH is 1. The van der Waals surface area contributed by atoms with Crippen LogP contribution in [0.5, 0.6) is 5.75 Å². The van der Waals surface area contributed by atoms with Crippen LogP contribution < -0.4 is 4.74 Å². The summed E-state index contributed by atoms with van der Waals surface area (Å²) in [6.07, 6.45) is -1.36. The molecule has 12 nitrogen and oxygen atoms in total. The highest BCUT2D eigenvalue weighted by Gasteiger charge is 2.72. The molecule has 1 aromatic rings. The Balaban J connectivity index is 1.47. The summed E-state index contributed by atoms with van der Waals surface area (Å²) in [6.45, 7) is 2.00. The second-order valence-corrected chi connectivity index (χ2v) is 10.7. The van der Waals surface area contributed by atoms with Crippen molar-refractivity contribution in [1.29, 1.82) is 0 Å². The summed E-state index contributed by atoms with van der Waals surface area (Å²) in [5, 5.41) is 31.1. The van der Waals surface area contributed by atoms with Gasteiger partial charge in [-0.2, -0.15) is 0 Å². The lowest BCUT2D eigenvalue weighted by molar-refractivity contribution is -0.178. The van der Waals surface area contributed by atoms with Crippen LogP contribution in [0.2, 0.25) is 0 Å². The Kier molecular flexibility index (Phi) is 7.36. The second-order valence-electron chi connectivity index (χ2n) is 10.7. The maximum absolute atomic E-state index is 13.3. The van der Waals surface area contributed by atoms with Crippen LogP contribution >= 0.6 is 0 Å². The highest BCUT2D eigenvalue weighted by Crippen LogP contribution is 2.64. The zero-order chi connectivity index (χ0) is 28.8. The van der Waals surface area contributed by atoms with Crippen LogP contribution in [0.4, 0.5) is 0 Å². The van der Waals surface area contributed by atoms with Gasteiger partial charge >= 0.3 is 23.9 Å². The van der Waals surface area contributed by atoms with Gasteiger partial charge < -0.3 is 39.2 Å². The molecule has 0 radical (unpaired) electrons. The van der Waals surface area contributed by atoms with Gasteiger partial charge in [0.05, 0.1) is 43.5 Å². The number of likely N-dealkylation sites (tertiary alicyclic amines) is 1. The van der Waals surface area contributed by atoms with E-state index in [9.17, 15) is 29.4 Å². The number of ether oxygens (including phenoxy) is 4. The molecule has 5 rings (SSSR count). The molecule has 0 saturated carbocycles. The van der Waals surface area contributed by atoms with Gasteiger partial charge in [-0.1, -0.05) is 12.1 Å². The van der Waals surface area contributed by atoms with Gasteiger partial charge in [0.1, 0.15) is 11.5 Å². The van der Waals surface area contributed by atoms with Gasteiger partial charge in [-0.25, -0.2) is 4.79 Å². The van der Waals surface area contributed by atoms with Gasteiger partial charge in [0.25, 0.3) is 0 Å². The molecular formula is C28H33NO11. The summed E-state index contributed by atoms with van der Waals surface area (Å²) in [7, 11) is 1.96. The molecule has 0 unspecified atom stereocenters.